The third-order valence-corrected chi connectivity index (χ3v) is 4.81. The number of benzene rings is 4. The second-order valence-corrected chi connectivity index (χ2v) is 6.83. The van der Waals surface area contributed by atoms with Gasteiger partial charge < -0.3 is 0 Å². The van der Waals surface area contributed by atoms with Crippen LogP contribution in [-0.2, 0) is 0 Å². The Morgan fingerprint density at radius 3 is 1.15 bits per heavy atom. The summed E-state index contributed by atoms with van der Waals surface area (Å²) in [5.74, 6) is 0. The molecule has 26 heavy (non-hydrogen) atoms. The number of aryl methyl sites for hydroxylation is 2. The van der Waals surface area contributed by atoms with Crippen molar-refractivity contribution in [1.29, 1.82) is 0 Å². The van der Waals surface area contributed by atoms with Gasteiger partial charge in [-0.1, -0.05) is 108 Å². The molecule has 0 nitrogen and oxygen atoms in total. The lowest BCUT2D eigenvalue weighted by Gasteiger charge is -2.16. The zero-order valence-corrected chi connectivity index (χ0v) is 15.2. The van der Waals surface area contributed by atoms with E-state index in [9.17, 15) is 0 Å². The molecule has 0 saturated heterocycles. The van der Waals surface area contributed by atoms with Crippen LogP contribution < -0.4 is 0 Å². The predicted molar refractivity (Wildman–Crippen MR) is 112 cm³/mol. The van der Waals surface area contributed by atoms with E-state index in [4.69, 9.17) is 0 Å². The van der Waals surface area contributed by atoms with Crippen molar-refractivity contribution in [2.75, 3.05) is 0 Å². The van der Waals surface area contributed by atoms with Crippen LogP contribution >= 0.6 is 0 Å². The zero-order chi connectivity index (χ0) is 17.9. The normalized spacial score (nSPS) is 10.7. The molecule has 0 atom stereocenters. The van der Waals surface area contributed by atoms with E-state index in [1.165, 1.54) is 44.5 Å². The van der Waals surface area contributed by atoms with Crippen LogP contribution in [0.1, 0.15) is 11.1 Å². The fourth-order valence-electron chi connectivity index (χ4n) is 3.50. The first-order chi connectivity index (χ1) is 12.7. The summed E-state index contributed by atoms with van der Waals surface area (Å²) in [6, 6.07) is 34.8. The van der Waals surface area contributed by atoms with Crippen molar-refractivity contribution in [3.63, 3.8) is 0 Å². The minimum atomic E-state index is 1.26. The SMILES string of the molecule is Cc1ccc(-c2ccc(C)cc2-c2ccccc2)c(-c2ccccc2)c1. The lowest BCUT2D eigenvalue weighted by atomic mass is 9.88. The van der Waals surface area contributed by atoms with Crippen LogP contribution in [0.2, 0.25) is 0 Å². The lowest BCUT2D eigenvalue weighted by molar-refractivity contribution is 1.44. The van der Waals surface area contributed by atoms with Crippen LogP contribution in [-0.4, -0.2) is 0 Å². The van der Waals surface area contributed by atoms with Crippen molar-refractivity contribution in [3.8, 4) is 33.4 Å². The molecule has 0 heterocycles. The minimum Gasteiger partial charge on any atom is -0.0622 e. The molecule has 0 aliphatic carbocycles. The van der Waals surface area contributed by atoms with Gasteiger partial charge in [0.05, 0.1) is 0 Å². The molecule has 0 aromatic heterocycles. The summed E-state index contributed by atoms with van der Waals surface area (Å²) in [5, 5.41) is 0. The van der Waals surface area contributed by atoms with Gasteiger partial charge in [0.1, 0.15) is 0 Å². The second-order valence-electron chi connectivity index (χ2n) is 6.83. The molecular weight excluding hydrogens is 312 g/mol. The van der Waals surface area contributed by atoms with Crippen molar-refractivity contribution < 1.29 is 0 Å². The Balaban J connectivity index is 1.98. The van der Waals surface area contributed by atoms with E-state index in [0.29, 0.717) is 0 Å². The second kappa shape index (κ2) is 7.01. The Labute approximate surface area is 155 Å². The average Bonchev–Trinajstić information content (AvgIpc) is 2.69. The van der Waals surface area contributed by atoms with Gasteiger partial charge in [-0.05, 0) is 47.2 Å². The van der Waals surface area contributed by atoms with Gasteiger partial charge in [-0.2, -0.15) is 0 Å². The highest BCUT2D eigenvalue weighted by Crippen LogP contribution is 2.39. The monoisotopic (exact) mass is 334 g/mol. The van der Waals surface area contributed by atoms with Crippen molar-refractivity contribution >= 4 is 0 Å². The topological polar surface area (TPSA) is 0 Å². The summed E-state index contributed by atoms with van der Waals surface area (Å²) in [7, 11) is 0. The molecule has 4 rings (SSSR count). The van der Waals surface area contributed by atoms with Crippen LogP contribution in [0.3, 0.4) is 0 Å². The van der Waals surface area contributed by atoms with E-state index in [1.54, 1.807) is 0 Å². The predicted octanol–water partition coefficient (Wildman–Crippen LogP) is 7.30. The number of hydrogen-bond acceptors (Lipinski definition) is 0. The summed E-state index contributed by atoms with van der Waals surface area (Å²) in [6.07, 6.45) is 0. The summed E-state index contributed by atoms with van der Waals surface area (Å²) in [5.41, 5.74) is 10.2. The van der Waals surface area contributed by atoms with Crippen LogP contribution in [0.25, 0.3) is 33.4 Å². The zero-order valence-electron chi connectivity index (χ0n) is 15.2. The number of rotatable bonds is 3. The fraction of sp³-hybridized carbons (Fsp3) is 0.0769. The molecule has 0 unspecified atom stereocenters. The van der Waals surface area contributed by atoms with Gasteiger partial charge in [0.15, 0.2) is 0 Å². The van der Waals surface area contributed by atoms with Crippen LogP contribution in [0.4, 0.5) is 0 Å². The standard InChI is InChI=1S/C26H22/c1-19-13-15-23(25(17-19)21-9-5-3-6-10-21)24-16-14-20(2)18-26(24)22-11-7-4-8-12-22/h3-18H,1-2H3. The largest absolute Gasteiger partial charge is 0.0622 e. The molecule has 0 N–H and O–H groups in total. The van der Waals surface area contributed by atoms with Crippen LogP contribution in [0, 0.1) is 13.8 Å². The van der Waals surface area contributed by atoms with E-state index in [-0.39, 0.29) is 0 Å². The maximum Gasteiger partial charge on any atom is -0.00990 e. The highest BCUT2D eigenvalue weighted by molar-refractivity contribution is 5.92. The molecule has 0 aliphatic heterocycles. The first-order valence-electron chi connectivity index (χ1n) is 9.05. The van der Waals surface area contributed by atoms with Crippen LogP contribution in [0.5, 0.6) is 0 Å². The highest BCUT2D eigenvalue weighted by atomic mass is 14.2. The third-order valence-electron chi connectivity index (χ3n) is 4.81. The molecule has 0 fully saturated rings. The summed E-state index contributed by atoms with van der Waals surface area (Å²) >= 11 is 0. The summed E-state index contributed by atoms with van der Waals surface area (Å²) < 4.78 is 0. The van der Waals surface area contributed by atoms with E-state index >= 15 is 0 Å². The van der Waals surface area contributed by atoms with E-state index < -0.39 is 0 Å². The molecule has 0 aliphatic rings. The van der Waals surface area contributed by atoms with Gasteiger partial charge in [-0.15, -0.1) is 0 Å². The molecule has 4 aromatic carbocycles. The molecular formula is C26H22. The van der Waals surface area contributed by atoms with Gasteiger partial charge >= 0.3 is 0 Å². The molecule has 0 heteroatoms. The van der Waals surface area contributed by atoms with Gasteiger partial charge in [-0.3, -0.25) is 0 Å². The Morgan fingerprint density at radius 2 is 0.769 bits per heavy atom. The fourth-order valence-corrected chi connectivity index (χ4v) is 3.50. The number of hydrogen-bond donors (Lipinski definition) is 0. The van der Waals surface area contributed by atoms with Crippen molar-refractivity contribution in [2.24, 2.45) is 0 Å². The Kier molecular flexibility index (Phi) is 4.41. The Morgan fingerprint density at radius 1 is 0.385 bits per heavy atom. The first-order valence-corrected chi connectivity index (χ1v) is 9.05. The Hall–Kier alpha value is -3.12. The third kappa shape index (κ3) is 3.19. The molecule has 0 saturated carbocycles. The van der Waals surface area contributed by atoms with Gasteiger partial charge in [0.25, 0.3) is 0 Å². The first kappa shape index (κ1) is 16.4. The molecule has 126 valence electrons. The van der Waals surface area contributed by atoms with Gasteiger partial charge in [-0.25, -0.2) is 0 Å². The lowest BCUT2D eigenvalue weighted by Crippen LogP contribution is -1.91. The van der Waals surface area contributed by atoms with Gasteiger partial charge in [0.2, 0.25) is 0 Å². The Bertz CT molecular complexity index is 941. The van der Waals surface area contributed by atoms with E-state index in [0.717, 1.165) is 0 Å². The minimum absolute atomic E-state index is 1.26. The molecule has 0 bridgehead atoms. The smallest absolute Gasteiger partial charge is 0.00990 e. The summed E-state index contributed by atoms with van der Waals surface area (Å²) in [4.78, 5) is 0. The molecule has 4 aromatic rings. The van der Waals surface area contributed by atoms with Gasteiger partial charge in [0, 0.05) is 0 Å². The summed E-state index contributed by atoms with van der Waals surface area (Å²) in [6.45, 7) is 4.31. The van der Waals surface area contributed by atoms with Crippen LogP contribution in [0.15, 0.2) is 97.1 Å². The highest BCUT2D eigenvalue weighted by Gasteiger charge is 2.13. The molecule has 0 amide bonds. The van der Waals surface area contributed by atoms with Crippen molar-refractivity contribution in [1.82, 2.24) is 0 Å². The average molecular weight is 334 g/mol. The maximum atomic E-state index is 2.29. The van der Waals surface area contributed by atoms with Crippen molar-refractivity contribution in [3.05, 3.63) is 108 Å². The quantitative estimate of drug-likeness (QED) is 0.368. The van der Waals surface area contributed by atoms with Crippen molar-refractivity contribution in [2.45, 2.75) is 13.8 Å². The van der Waals surface area contributed by atoms with E-state index in [1.807, 2.05) is 0 Å². The maximum absolute atomic E-state index is 2.29. The van der Waals surface area contributed by atoms with E-state index in [2.05, 4.69) is 111 Å². The molecule has 0 radical (unpaired) electrons. The molecule has 0 spiro atoms.